The number of benzene rings is 1. The first-order valence-electron chi connectivity index (χ1n) is 6.53. The third-order valence-electron chi connectivity index (χ3n) is 4.08. The summed E-state index contributed by atoms with van der Waals surface area (Å²) in [5, 5.41) is 0.140. The van der Waals surface area contributed by atoms with Crippen LogP contribution < -0.4 is 0 Å². The third-order valence-corrected chi connectivity index (χ3v) is 5.05. The zero-order valence-electron chi connectivity index (χ0n) is 11.1. The van der Waals surface area contributed by atoms with E-state index in [0.717, 1.165) is 10.9 Å². The number of rotatable bonds is 3. The van der Waals surface area contributed by atoms with Gasteiger partial charge in [0.1, 0.15) is 0 Å². The van der Waals surface area contributed by atoms with E-state index in [1.165, 1.54) is 5.56 Å². The van der Waals surface area contributed by atoms with E-state index in [-0.39, 0.29) is 11.5 Å². The van der Waals surface area contributed by atoms with Crippen molar-refractivity contribution >= 4 is 27.5 Å². The Morgan fingerprint density at radius 2 is 1.78 bits per heavy atom. The van der Waals surface area contributed by atoms with Crippen molar-refractivity contribution in [2.45, 2.75) is 44.8 Å². The van der Waals surface area contributed by atoms with Crippen LogP contribution in [0, 0.1) is 11.8 Å². The molecular weight excluding hydrogens is 312 g/mol. The van der Waals surface area contributed by atoms with Gasteiger partial charge in [-0.1, -0.05) is 35.0 Å². The summed E-state index contributed by atoms with van der Waals surface area (Å²) >= 11 is 10.1. The van der Waals surface area contributed by atoms with Gasteiger partial charge < -0.3 is 4.74 Å². The zero-order valence-corrected chi connectivity index (χ0v) is 13.4. The molecule has 0 spiro atoms. The molecule has 18 heavy (non-hydrogen) atoms. The predicted molar refractivity (Wildman–Crippen MR) is 80.2 cm³/mol. The van der Waals surface area contributed by atoms with E-state index in [9.17, 15) is 0 Å². The van der Waals surface area contributed by atoms with E-state index in [2.05, 4.69) is 61.0 Å². The van der Waals surface area contributed by atoms with Crippen LogP contribution in [-0.4, -0.2) is 17.6 Å². The Morgan fingerprint density at radius 1 is 1.17 bits per heavy atom. The lowest BCUT2D eigenvalue weighted by Gasteiger charge is -2.24. The van der Waals surface area contributed by atoms with Crippen LogP contribution in [0.4, 0.5) is 0 Å². The number of ether oxygens (including phenoxy) is 1. The quantitative estimate of drug-likeness (QED) is 0.732. The standard InChI is InChI=1S/C15H20BrClO/c1-9-10(2)18-11(3)15(9)14(17)8-12-4-6-13(16)7-5-12/h4-7,9-11,14-15H,8H2,1-3H3. The van der Waals surface area contributed by atoms with Crippen molar-refractivity contribution in [3.05, 3.63) is 34.3 Å². The second-order valence-electron chi connectivity index (χ2n) is 5.33. The van der Waals surface area contributed by atoms with E-state index in [1.807, 2.05) is 0 Å². The Morgan fingerprint density at radius 3 is 2.28 bits per heavy atom. The molecule has 1 nitrogen and oxygen atoms in total. The van der Waals surface area contributed by atoms with Gasteiger partial charge in [-0.2, -0.15) is 0 Å². The van der Waals surface area contributed by atoms with Crippen molar-refractivity contribution in [1.82, 2.24) is 0 Å². The number of halogens is 2. The first-order chi connectivity index (χ1) is 8.49. The summed E-state index contributed by atoms with van der Waals surface area (Å²) in [7, 11) is 0. The summed E-state index contributed by atoms with van der Waals surface area (Å²) in [6, 6.07) is 8.40. The highest BCUT2D eigenvalue weighted by atomic mass is 79.9. The Kier molecular flexibility index (Phi) is 4.74. The molecule has 1 aromatic carbocycles. The van der Waals surface area contributed by atoms with E-state index < -0.39 is 0 Å². The summed E-state index contributed by atoms with van der Waals surface area (Å²) in [4.78, 5) is 0. The molecule has 2 rings (SSSR count). The Balaban J connectivity index is 2.03. The number of hydrogen-bond donors (Lipinski definition) is 0. The minimum atomic E-state index is 0.140. The number of hydrogen-bond acceptors (Lipinski definition) is 1. The van der Waals surface area contributed by atoms with Crippen LogP contribution >= 0.6 is 27.5 Å². The predicted octanol–water partition coefficient (Wildman–Crippen LogP) is 4.66. The molecule has 1 aliphatic rings. The second kappa shape index (κ2) is 5.94. The minimum Gasteiger partial charge on any atom is -0.375 e. The molecule has 0 amide bonds. The van der Waals surface area contributed by atoms with Gasteiger partial charge >= 0.3 is 0 Å². The lowest BCUT2D eigenvalue weighted by molar-refractivity contribution is 0.0508. The van der Waals surface area contributed by atoms with Gasteiger partial charge in [0.05, 0.1) is 12.2 Å². The molecule has 1 saturated heterocycles. The smallest absolute Gasteiger partial charge is 0.0596 e. The molecule has 100 valence electrons. The minimum absolute atomic E-state index is 0.140. The fourth-order valence-electron chi connectivity index (χ4n) is 2.90. The fourth-order valence-corrected chi connectivity index (χ4v) is 3.78. The second-order valence-corrected chi connectivity index (χ2v) is 6.81. The van der Waals surface area contributed by atoms with Crippen molar-refractivity contribution in [2.75, 3.05) is 0 Å². The van der Waals surface area contributed by atoms with Crippen molar-refractivity contribution in [2.24, 2.45) is 11.8 Å². The van der Waals surface area contributed by atoms with Crippen LogP contribution in [0.2, 0.25) is 0 Å². The maximum absolute atomic E-state index is 6.62. The zero-order chi connectivity index (χ0) is 13.3. The molecule has 3 heteroatoms. The van der Waals surface area contributed by atoms with Crippen LogP contribution in [0.25, 0.3) is 0 Å². The third kappa shape index (κ3) is 3.09. The summed E-state index contributed by atoms with van der Waals surface area (Å²) in [5.74, 6) is 0.961. The molecule has 0 bridgehead atoms. The molecule has 0 saturated carbocycles. The van der Waals surface area contributed by atoms with Gasteiger partial charge in [-0.25, -0.2) is 0 Å². The van der Waals surface area contributed by atoms with Gasteiger partial charge in [0, 0.05) is 15.8 Å². The van der Waals surface area contributed by atoms with Crippen molar-refractivity contribution < 1.29 is 4.74 Å². The number of alkyl halides is 1. The first-order valence-corrected chi connectivity index (χ1v) is 7.76. The summed E-state index contributed by atoms with van der Waals surface area (Å²) in [6.45, 7) is 6.53. The van der Waals surface area contributed by atoms with Crippen molar-refractivity contribution in [3.63, 3.8) is 0 Å². The molecule has 0 aromatic heterocycles. The van der Waals surface area contributed by atoms with Gasteiger partial charge in [0.25, 0.3) is 0 Å². The Labute approximate surface area is 123 Å². The molecule has 1 heterocycles. The van der Waals surface area contributed by atoms with Crippen LogP contribution in [0.15, 0.2) is 28.7 Å². The highest BCUT2D eigenvalue weighted by molar-refractivity contribution is 9.10. The molecule has 0 aliphatic carbocycles. The Hall–Kier alpha value is -0.0500. The van der Waals surface area contributed by atoms with Gasteiger partial charge in [0.15, 0.2) is 0 Å². The lowest BCUT2D eigenvalue weighted by atomic mass is 9.84. The van der Waals surface area contributed by atoms with E-state index >= 15 is 0 Å². The van der Waals surface area contributed by atoms with Crippen LogP contribution in [-0.2, 0) is 11.2 Å². The van der Waals surface area contributed by atoms with Gasteiger partial charge in [-0.05, 0) is 43.9 Å². The SMILES string of the molecule is CC1OC(C)C(C(Cl)Cc2ccc(Br)cc2)C1C. The fraction of sp³-hybridized carbons (Fsp3) is 0.600. The molecule has 5 unspecified atom stereocenters. The van der Waals surface area contributed by atoms with Crippen LogP contribution in [0.1, 0.15) is 26.3 Å². The van der Waals surface area contributed by atoms with E-state index in [0.29, 0.717) is 17.9 Å². The van der Waals surface area contributed by atoms with Crippen LogP contribution in [0.3, 0.4) is 0 Å². The van der Waals surface area contributed by atoms with Crippen molar-refractivity contribution in [3.8, 4) is 0 Å². The molecule has 1 aliphatic heterocycles. The normalized spacial score (nSPS) is 33.6. The van der Waals surface area contributed by atoms with E-state index in [1.54, 1.807) is 0 Å². The summed E-state index contributed by atoms with van der Waals surface area (Å²) in [6.07, 6.45) is 1.48. The molecule has 1 fully saturated rings. The average molecular weight is 332 g/mol. The largest absolute Gasteiger partial charge is 0.375 e. The lowest BCUT2D eigenvalue weighted by Crippen LogP contribution is -2.28. The highest BCUT2D eigenvalue weighted by Crippen LogP contribution is 2.37. The monoisotopic (exact) mass is 330 g/mol. The van der Waals surface area contributed by atoms with Gasteiger partial charge in [-0.15, -0.1) is 11.6 Å². The maximum Gasteiger partial charge on any atom is 0.0596 e. The molecule has 1 aromatic rings. The average Bonchev–Trinajstić information content (AvgIpc) is 2.56. The van der Waals surface area contributed by atoms with Crippen molar-refractivity contribution in [1.29, 1.82) is 0 Å². The summed E-state index contributed by atoms with van der Waals surface area (Å²) in [5.41, 5.74) is 1.29. The van der Waals surface area contributed by atoms with Gasteiger partial charge in [-0.3, -0.25) is 0 Å². The Bertz CT molecular complexity index is 392. The highest BCUT2D eigenvalue weighted by Gasteiger charge is 2.40. The molecule has 5 atom stereocenters. The first kappa shape index (κ1) is 14.4. The van der Waals surface area contributed by atoms with Gasteiger partial charge in [0.2, 0.25) is 0 Å². The molecule has 0 N–H and O–H groups in total. The molecular formula is C15H20BrClO. The van der Waals surface area contributed by atoms with Crippen LogP contribution in [0.5, 0.6) is 0 Å². The maximum atomic E-state index is 6.62. The van der Waals surface area contributed by atoms with E-state index in [4.69, 9.17) is 16.3 Å². The molecule has 0 radical (unpaired) electrons. The topological polar surface area (TPSA) is 9.23 Å². The summed E-state index contributed by atoms with van der Waals surface area (Å²) < 4.78 is 6.98.